The van der Waals surface area contributed by atoms with Gasteiger partial charge in [-0.15, -0.1) is 0 Å². The Morgan fingerprint density at radius 2 is 1.71 bits per heavy atom. The van der Waals surface area contributed by atoms with Crippen molar-refractivity contribution in [1.82, 2.24) is 9.80 Å². The standard InChI is InChI=1S/C25H27N3O6/c1-17-3-5-19(6-4-17)23(29)21-22(18-7-9-20(10-8-18)28(32)33)27(25(31)24(21)30)12-2-11-26-13-15-34-16-14-26/h3-10,22,29H,2,11-16H2,1H3/b23-21-. The number of ketones is 1. The van der Waals surface area contributed by atoms with Crippen molar-refractivity contribution in [2.24, 2.45) is 0 Å². The minimum absolute atomic E-state index is 0.00548. The first-order valence-electron chi connectivity index (χ1n) is 11.3. The van der Waals surface area contributed by atoms with Crippen LogP contribution in [-0.2, 0) is 14.3 Å². The molecule has 0 aromatic heterocycles. The summed E-state index contributed by atoms with van der Waals surface area (Å²) in [5, 5.41) is 22.2. The number of carbonyl (C=O) groups is 2. The summed E-state index contributed by atoms with van der Waals surface area (Å²) in [5.41, 5.74) is 1.86. The minimum atomic E-state index is -0.827. The molecule has 9 heteroatoms. The maximum absolute atomic E-state index is 13.1. The summed E-state index contributed by atoms with van der Waals surface area (Å²) in [6, 6.07) is 11.9. The quantitative estimate of drug-likeness (QED) is 0.220. The monoisotopic (exact) mass is 465 g/mol. The molecule has 2 aliphatic rings. The van der Waals surface area contributed by atoms with Crippen molar-refractivity contribution in [2.45, 2.75) is 19.4 Å². The lowest BCUT2D eigenvalue weighted by atomic mass is 9.95. The van der Waals surface area contributed by atoms with Crippen LogP contribution in [0.1, 0.15) is 29.2 Å². The van der Waals surface area contributed by atoms with E-state index >= 15 is 0 Å². The molecule has 178 valence electrons. The van der Waals surface area contributed by atoms with Gasteiger partial charge in [0.05, 0.1) is 29.8 Å². The van der Waals surface area contributed by atoms with Gasteiger partial charge in [-0.1, -0.05) is 29.8 Å². The number of Topliss-reactive ketones (excluding diaryl/α,β-unsaturated/α-hetero) is 1. The molecule has 0 bridgehead atoms. The molecule has 0 radical (unpaired) electrons. The molecule has 34 heavy (non-hydrogen) atoms. The zero-order valence-corrected chi connectivity index (χ0v) is 19.0. The van der Waals surface area contributed by atoms with Gasteiger partial charge in [0.15, 0.2) is 0 Å². The van der Waals surface area contributed by atoms with Crippen molar-refractivity contribution < 1.29 is 24.4 Å². The Hall–Kier alpha value is -3.56. The van der Waals surface area contributed by atoms with E-state index in [0.29, 0.717) is 37.3 Å². The van der Waals surface area contributed by atoms with E-state index in [1.165, 1.54) is 29.2 Å². The first-order chi connectivity index (χ1) is 16.4. The number of nitro groups is 1. The molecule has 1 unspecified atom stereocenters. The molecule has 9 nitrogen and oxygen atoms in total. The molecule has 2 fully saturated rings. The average Bonchev–Trinajstić information content (AvgIpc) is 3.10. The first kappa shape index (κ1) is 23.6. The highest BCUT2D eigenvalue weighted by Crippen LogP contribution is 2.39. The fourth-order valence-electron chi connectivity index (χ4n) is 4.39. The van der Waals surface area contributed by atoms with Gasteiger partial charge >= 0.3 is 0 Å². The maximum Gasteiger partial charge on any atom is 0.295 e. The van der Waals surface area contributed by atoms with Crippen LogP contribution in [0.4, 0.5) is 5.69 Å². The Labute approximate surface area is 197 Å². The summed E-state index contributed by atoms with van der Waals surface area (Å²) >= 11 is 0. The molecular weight excluding hydrogens is 438 g/mol. The minimum Gasteiger partial charge on any atom is -0.507 e. The number of carbonyl (C=O) groups excluding carboxylic acids is 2. The van der Waals surface area contributed by atoms with E-state index in [9.17, 15) is 24.8 Å². The zero-order valence-electron chi connectivity index (χ0n) is 19.0. The summed E-state index contributed by atoms with van der Waals surface area (Å²) in [7, 11) is 0. The third-order valence-corrected chi connectivity index (χ3v) is 6.26. The van der Waals surface area contributed by atoms with Crippen LogP contribution in [0, 0.1) is 17.0 Å². The van der Waals surface area contributed by atoms with Gasteiger partial charge in [-0.2, -0.15) is 0 Å². The first-order valence-corrected chi connectivity index (χ1v) is 11.3. The van der Waals surface area contributed by atoms with E-state index in [-0.39, 0.29) is 17.0 Å². The number of ether oxygens (including phenoxy) is 1. The second-order valence-electron chi connectivity index (χ2n) is 8.51. The summed E-state index contributed by atoms with van der Waals surface area (Å²) < 4.78 is 5.37. The maximum atomic E-state index is 13.1. The summed E-state index contributed by atoms with van der Waals surface area (Å²) in [6.45, 7) is 5.95. The third kappa shape index (κ3) is 4.85. The lowest BCUT2D eigenvalue weighted by Gasteiger charge is -2.29. The molecule has 2 aliphatic heterocycles. The number of likely N-dealkylation sites (tertiary alicyclic amines) is 1. The van der Waals surface area contributed by atoms with Crippen molar-refractivity contribution in [3.63, 3.8) is 0 Å². The molecule has 1 N–H and O–H groups in total. The summed E-state index contributed by atoms with van der Waals surface area (Å²) in [5.74, 6) is -1.69. The van der Waals surface area contributed by atoms with Gasteiger partial charge < -0.3 is 14.7 Å². The van der Waals surface area contributed by atoms with Crippen molar-refractivity contribution >= 4 is 23.1 Å². The highest BCUT2D eigenvalue weighted by atomic mass is 16.6. The molecule has 2 aromatic rings. The van der Waals surface area contributed by atoms with Crippen LogP contribution in [0.15, 0.2) is 54.1 Å². The van der Waals surface area contributed by atoms with Gasteiger partial charge in [-0.25, -0.2) is 0 Å². The van der Waals surface area contributed by atoms with Crippen molar-refractivity contribution in [1.29, 1.82) is 0 Å². The largest absolute Gasteiger partial charge is 0.507 e. The van der Waals surface area contributed by atoms with E-state index in [1.807, 2.05) is 19.1 Å². The van der Waals surface area contributed by atoms with Gasteiger partial charge in [0.25, 0.3) is 17.4 Å². The molecule has 2 heterocycles. The predicted octanol–water partition coefficient (Wildman–Crippen LogP) is 3.05. The van der Waals surface area contributed by atoms with Crippen molar-refractivity contribution in [3.05, 3.63) is 80.9 Å². The van der Waals surface area contributed by atoms with E-state index in [1.54, 1.807) is 12.1 Å². The Bertz CT molecular complexity index is 1100. The number of nitro benzene ring substituents is 1. The number of amides is 1. The van der Waals surface area contributed by atoms with E-state index in [4.69, 9.17) is 4.74 Å². The zero-order chi connectivity index (χ0) is 24.2. The van der Waals surface area contributed by atoms with Gasteiger partial charge in [0.1, 0.15) is 5.76 Å². The fourth-order valence-corrected chi connectivity index (χ4v) is 4.39. The lowest BCUT2D eigenvalue weighted by Crippen LogP contribution is -2.38. The summed E-state index contributed by atoms with van der Waals surface area (Å²) in [6.07, 6.45) is 0.640. The van der Waals surface area contributed by atoms with E-state index in [2.05, 4.69) is 4.90 Å². The van der Waals surface area contributed by atoms with Crippen LogP contribution in [0.25, 0.3) is 5.76 Å². The highest BCUT2D eigenvalue weighted by Gasteiger charge is 2.45. The number of hydrogen-bond donors (Lipinski definition) is 1. The second-order valence-corrected chi connectivity index (χ2v) is 8.51. The van der Waals surface area contributed by atoms with Crippen LogP contribution >= 0.6 is 0 Å². The van der Waals surface area contributed by atoms with Crippen LogP contribution in [0.2, 0.25) is 0 Å². The number of rotatable bonds is 7. The normalized spacial score (nSPS) is 20.6. The number of hydrogen-bond acceptors (Lipinski definition) is 7. The average molecular weight is 466 g/mol. The highest BCUT2D eigenvalue weighted by molar-refractivity contribution is 6.46. The number of morpholine rings is 1. The number of aryl methyl sites for hydroxylation is 1. The van der Waals surface area contributed by atoms with Crippen LogP contribution in [0.5, 0.6) is 0 Å². The van der Waals surface area contributed by atoms with Gasteiger partial charge in [-0.3, -0.25) is 24.6 Å². The smallest absolute Gasteiger partial charge is 0.295 e. The molecule has 2 saturated heterocycles. The third-order valence-electron chi connectivity index (χ3n) is 6.26. The van der Waals surface area contributed by atoms with Crippen LogP contribution in [-0.4, -0.2) is 70.9 Å². The molecule has 0 saturated carbocycles. The van der Waals surface area contributed by atoms with Crippen LogP contribution in [0.3, 0.4) is 0 Å². The number of benzene rings is 2. The molecule has 2 aromatic carbocycles. The van der Waals surface area contributed by atoms with E-state index < -0.39 is 22.7 Å². The number of aliphatic hydroxyl groups excluding tert-OH is 1. The number of aliphatic hydroxyl groups is 1. The predicted molar refractivity (Wildman–Crippen MR) is 125 cm³/mol. The molecule has 1 atom stereocenters. The Kier molecular flexibility index (Phi) is 7.04. The van der Waals surface area contributed by atoms with E-state index in [0.717, 1.165) is 25.2 Å². The molecular formula is C25H27N3O6. The molecule has 0 spiro atoms. The second kappa shape index (κ2) is 10.1. The number of non-ortho nitro benzene ring substituents is 1. The Balaban J connectivity index is 1.68. The van der Waals surface area contributed by atoms with Crippen molar-refractivity contribution in [2.75, 3.05) is 39.4 Å². The lowest BCUT2D eigenvalue weighted by molar-refractivity contribution is -0.384. The molecule has 1 amide bonds. The van der Waals surface area contributed by atoms with Crippen molar-refractivity contribution in [3.8, 4) is 0 Å². The topological polar surface area (TPSA) is 113 Å². The SMILES string of the molecule is Cc1ccc(/C(O)=C2/C(=O)C(=O)N(CCCN3CCOCC3)C2c2ccc([N+](=O)[O-])cc2)cc1. The Morgan fingerprint density at radius 1 is 1.06 bits per heavy atom. The van der Waals surface area contributed by atoms with Crippen LogP contribution < -0.4 is 0 Å². The van der Waals surface area contributed by atoms with Gasteiger partial charge in [0.2, 0.25) is 0 Å². The fraction of sp³-hybridized carbons (Fsp3) is 0.360. The van der Waals surface area contributed by atoms with Gasteiger partial charge in [-0.05, 0) is 31.0 Å². The number of nitrogens with zero attached hydrogens (tertiary/aromatic N) is 3. The van der Waals surface area contributed by atoms with Gasteiger partial charge in [0, 0.05) is 43.9 Å². The molecule has 0 aliphatic carbocycles. The Morgan fingerprint density at radius 3 is 2.32 bits per heavy atom. The summed E-state index contributed by atoms with van der Waals surface area (Å²) in [4.78, 5) is 40.4. The molecule has 4 rings (SSSR count).